The van der Waals surface area contributed by atoms with Crippen molar-refractivity contribution in [2.24, 2.45) is 5.73 Å². The number of hydrogen-bond acceptors (Lipinski definition) is 2. The molecule has 0 atom stereocenters. The molecular formula is C25H51NO. The van der Waals surface area contributed by atoms with Gasteiger partial charge in [0, 0.05) is 13.2 Å². The summed E-state index contributed by atoms with van der Waals surface area (Å²) in [5.41, 5.74) is 5.44. The third kappa shape index (κ3) is 25.7. The monoisotopic (exact) mass is 381 g/mol. The van der Waals surface area contributed by atoms with Crippen molar-refractivity contribution in [3.63, 3.8) is 0 Å². The fraction of sp³-hybridized carbons (Fsp3) is 0.920. The van der Waals surface area contributed by atoms with Gasteiger partial charge in [-0.2, -0.15) is 0 Å². The van der Waals surface area contributed by atoms with Crippen molar-refractivity contribution in [1.29, 1.82) is 0 Å². The summed E-state index contributed by atoms with van der Waals surface area (Å²) in [7, 11) is 0. The smallest absolute Gasteiger partial charge is 0.0478 e. The zero-order valence-electron chi connectivity index (χ0n) is 18.7. The second-order valence-electron chi connectivity index (χ2n) is 8.11. The van der Waals surface area contributed by atoms with E-state index in [2.05, 4.69) is 19.1 Å². The Labute approximate surface area is 171 Å². The second-order valence-corrected chi connectivity index (χ2v) is 8.11. The fourth-order valence-electron chi connectivity index (χ4n) is 3.45. The summed E-state index contributed by atoms with van der Waals surface area (Å²) in [6, 6.07) is 0. The number of allylic oxidation sites excluding steroid dienone is 2. The lowest BCUT2D eigenvalue weighted by molar-refractivity contribution is 0.129. The maximum Gasteiger partial charge on any atom is 0.0478 e. The molecule has 162 valence electrons. The van der Waals surface area contributed by atoms with Crippen molar-refractivity contribution in [2.45, 2.75) is 129 Å². The van der Waals surface area contributed by atoms with Crippen molar-refractivity contribution >= 4 is 0 Å². The Morgan fingerprint density at radius 3 is 1.41 bits per heavy atom. The van der Waals surface area contributed by atoms with Gasteiger partial charge in [-0.05, 0) is 45.1 Å². The largest absolute Gasteiger partial charge is 0.381 e. The van der Waals surface area contributed by atoms with Crippen molar-refractivity contribution in [3.8, 4) is 0 Å². The maximum atomic E-state index is 5.53. The Morgan fingerprint density at radius 2 is 0.926 bits per heavy atom. The highest BCUT2D eigenvalue weighted by atomic mass is 16.5. The van der Waals surface area contributed by atoms with Crippen molar-refractivity contribution < 1.29 is 4.74 Å². The van der Waals surface area contributed by atoms with Crippen LogP contribution in [0.5, 0.6) is 0 Å². The van der Waals surface area contributed by atoms with Gasteiger partial charge in [0.25, 0.3) is 0 Å². The molecule has 0 amide bonds. The van der Waals surface area contributed by atoms with Crippen molar-refractivity contribution in [2.75, 3.05) is 19.8 Å². The molecule has 2 heteroatoms. The molecule has 0 aliphatic heterocycles. The lowest BCUT2D eigenvalue weighted by atomic mass is 10.1. The molecule has 0 aromatic heterocycles. The number of ether oxygens (including phenoxy) is 1. The quantitative estimate of drug-likeness (QED) is 0.144. The first kappa shape index (κ1) is 26.7. The van der Waals surface area contributed by atoms with Crippen LogP contribution < -0.4 is 5.73 Å². The number of hydrogen-bond donors (Lipinski definition) is 1. The van der Waals surface area contributed by atoms with E-state index in [0.717, 1.165) is 26.2 Å². The van der Waals surface area contributed by atoms with Crippen molar-refractivity contribution in [3.05, 3.63) is 12.2 Å². The normalized spacial score (nSPS) is 11.6. The molecule has 0 aromatic carbocycles. The zero-order chi connectivity index (χ0) is 19.7. The van der Waals surface area contributed by atoms with Gasteiger partial charge in [0.2, 0.25) is 0 Å². The first-order chi connectivity index (χ1) is 13.4. The lowest BCUT2D eigenvalue weighted by Crippen LogP contribution is -2.04. The molecule has 0 heterocycles. The minimum Gasteiger partial charge on any atom is -0.381 e. The Bertz CT molecular complexity index is 277. The average molecular weight is 382 g/mol. The van der Waals surface area contributed by atoms with E-state index in [1.807, 2.05) is 0 Å². The van der Waals surface area contributed by atoms with Crippen LogP contribution in [-0.4, -0.2) is 19.8 Å². The Kier molecular flexibility index (Phi) is 25.3. The molecule has 0 aliphatic rings. The fourth-order valence-corrected chi connectivity index (χ4v) is 3.45. The summed E-state index contributed by atoms with van der Waals surface area (Å²) in [6.07, 6.45) is 30.7. The molecule has 0 bridgehead atoms. The van der Waals surface area contributed by atoms with Crippen LogP contribution >= 0.6 is 0 Å². The van der Waals surface area contributed by atoms with Gasteiger partial charge in [-0.15, -0.1) is 0 Å². The van der Waals surface area contributed by atoms with E-state index in [4.69, 9.17) is 10.5 Å². The summed E-state index contributed by atoms with van der Waals surface area (Å²) >= 11 is 0. The molecule has 0 radical (unpaired) electrons. The first-order valence-corrected chi connectivity index (χ1v) is 12.3. The van der Waals surface area contributed by atoms with E-state index in [1.54, 1.807) is 0 Å². The topological polar surface area (TPSA) is 35.2 Å². The van der Waals surface area contributed by atoms with Crippen LogP contribution in [0.3, 0.4) is 0 Å². The molecule has 0 fully saturated rings. The van der Waals surface area contributed by atoms with E-state index in [-0.39, 0.29) is 0 Å². The van der Waals surface area contributed by atoms with Crippen LogP contribution in [0, 0.1) is 0 Å². The third-order valence-electron chi connectivity index (χ3n) is 5.29. The van der Waals surface area contributed by atoms with E-state index < -0.39 is 0 Å². The SMILES string of the molecule is CCCCCCCCC=CCCCCCCCCCCCCOCCCN. The van der Waals surface area contributed by atoms with Crippen LogP contribution in [0.2, 0.25) is 0 Å². The summed E-state index contributed by atoms with van der Waals surface area (Å²) in [5, 5.41) is 0. The standard InChI is InChI=1S/C25H51NO/c1-2-3-4-5-6-7-8-9-10-11-12-13-14-15-16-17-18-19-20-21-24-27-25-22-23-26/h9-10H,2-8,11-26H2,1H3. The molecule has 0 saturated carbocycles. The van der Waals surface area contributed by atoms with E-state index in [0.29, 0.717) is 0 Å². The Balaban J connectivity index is 3.03. The Hall–Kier alpha value is -0.340. The molecule has 0 unspecified atom stereocenters. The number of rotatable bonds is 23. The lowest BCUT2D eigenvalue weighted by Gasteiger charge is -2.04. The number of unbranched alkanes of at least 4 members (excludes halogenated alkanes) is 16. The Morgan fingerprint density at radius 1 is 0.519 bits per heavy atom. The zero-order valence-corrected chi connectivity index (χ0v) is 18.7. The predicted octanol–water partition coefficient (Wildman–Crippen LogP) is 7.95. The predicted molar refractivity (Wildman–Crippen MR) is 122 cm³/mol. The maximum absolute atomic E-state index is 5.53. The molecule has 0 saturated heterocycles. The molecule has 0 rings (SSSR count). The van der Waals surface area contributed by atoms with Gasteiger partial charge >= 0.3 is 0 Å². The van der Waals surface area contributed by atoms with Gasteiger partial charge in [0.1, 0.15) is 0 Å². The van der Waals surface area contributed by atoms with E-state index >= 15 is 0 Å². The highest BCUT2D eigenvalue weighted by molar-refractivity contribution is 4.81. The molecular weight excluding hydrogens is 330 g/mol. The van der Waals surface area contributed by atoms with E-state index in [1.165, 1.54) is 116 Å². The first-order valence-electron chi connectivity index (χ1n) is 12.3. The minimum atomic E-state index is 0.746. The van der Waals surface area contributed by atoms with Gasteiger partial charge < -0.3 is 10.5 Å². The summed E-state index contributed by atoms with van der Waals surface area (Å²) < 4.78 is 5.53. The highest BCUT2D eigenvalue weighted by Crippen LogP contribution is 2.12. The van der Waals surface area contributed by atoms with Crippen LogP contribution in [-0.2, 0) is 4.74 Å². The summed E-state index contributed by atoms with van der Waals surface area (Å²) in [5.74, 6) is 0. The molecule has 2 N–H and O–H groups in total. The van der Waals surface area contributed by atoms with Gasteiger partial charge in [-0.3, -0.25) is 0 Å². The van der Waals surface area contributed by atoms with Gasteiger partial charge in [0.15, 0.2) is 0 Å². The van der Waals surface area contributed by atoms with Crippen molar-refractivity contribution in [1.82, 2.24) is 0 Å². The van der Waals surface area contributed by atoms with Crippen LogP contribution in [0.1, 0.15) is 129 Å². The molecule has 0 spiro atoms. The molecule has 0 aromatic rings. The van der Waals surface area contributed by atoms with Crippen LogP contribution in [0.15, 0.2) is 12.2 Å². The minimum absolute atomic E-state index is 0.746. The highest BCUT2D eigenvalue weighted by Gasteiger charge is 1.94. The third-order valence-corrected chi connectivity index (χ3v) is 5.29. The van der Waals surface area contributed by atoms with Crippen LogP contribution in [0.4, 0.5) is 0 Å². The molecule has 27 heavy (non-hydrogen) atoms. The molecule has 0 aliphatic carbocycles. The second kappa shape index (κ2) is 25.7. The van der Waals surface area contributed by atoms with Gasteiger partial charge in [-0.25, -0.2) is 0 Å². The average Bonchev–Trinajstić information content (AvgIpc) is 2.68. The van der Waals surface area contributed by atoms with Crippen LogP contribution in [0.25, 0.3) is 0 Å². The summed E-state index contributed by atoms with van der Waals surface area (Å²) in [6.45, 7) is 4.79. The molecule has 2 nitrogen and oxygen atoms in total. The summed E-state index contributed by atoms with van der Waals surface area (Å²) in [4.78, 5) is 0. The van der Waals surface area contributed by atoms with Gasteiger partial charge in [0.05, 0.1) is 0 Å². The van der Waals surface area contributed by atoms with E-state index in [9.17, 15) is 0 Å². The van der Waals surface area contributed by atoms with Gasteiger partial charge in [-0.1, -0.05) is 103 Å². The number of nitrogens with two attached hydrogens (primary N) is 1.